The Labute approximate surface area is 239 Å². The summed E-state index contributed by atoms with van der Waals surface area (Å²) in [6.45, 7) is 11.4. The lowest BCUT2D eigenvalue weighted by atomic mass is 10.0. The highest BCUT2D eigenvalue weighted by atomic mass is 19.1. The molecule has 0 heterocycles. The molecule has 2 amide bonds. The number of ether oxygens (including phenoxy) is 3. The van der Waals surface area contributed by atoms with Crippen molar-refractivity contribution in [3.63, 3.8) is 0 Å². The molecule has 0 aliphatic heterocycles. The van der Waals surface area contributed by atoms with Crippen molar-refractivity contribution in [3.05, 3.63) is 78.1 Å². The standard InChI is InChI=1S/C32H34FN3O5/c1-7-26(24-18-27(39-6)28(19-25(24)34-5)41-31(2,3)4)40-23-14-12-22(13-15-23)36-30(38)32(16-17-32)29(37)35-21-10-8-20(33)9-11-21/h7-15,18-19H,5,16-17H2,1-4,6H3,(H,35,37)(H,36,38)/b26-7+. The van der Waals surface area contributed by atoms with Gasteiger partial charge >= 0.3 is 0 Å². The van der Waals surface area contributed by atoms with Crippen LogP contribution >= 0.6 is 0 Å². The van der Waals surface area contributed by atoms with Gasteiger partial charge in [0.2, 0.25) is 11.8 Å². The van der Waals surface area contributed by atoms with E-state index in [1.807, 2.05) is 27.7 Å². The lowest BCUT2D eigenvalue weighted by molar-refractivity contribution is -0.131. The highest BCUT2D eigenvalue weighted by Crippen LogP contribution is 2.47. The number of allylic oxidation sites excluding steroid dienone is 1. The summed E-state index contributed by atoms with van der Waals surface area (Å²) in [6.07, 6.45) is 2.67. The van der Waals surface area contributed by atoms with E-state index in [0.717, 1.165) is 0 Å². The summed E-state index contributed by atoms with van der Waals surface area (Å²) in [5, 5.41) is 5.52. The van der Waals surface area contributed by atoms with Gasteiger partial charge in [0.05, 0.1) is 12.8 Å². The van der Waals surface area contributed by atoms with Crippen molar-refractivity contribution in [2.24, 2.45) is 10.4 Å². The van der Waals surface area contributed by atoms with Gasteiger partial charge in [-0.3, -0.25) is 14.6 Å². The van der Waals surface area contributed by atoms with E-state index in [1.165, 1.54) is 24.3 Å². The smallest absolute Gasteiger partial charge is 0.240 e. The number of anilines is 2. The Bertz CT molecular complexity index is 1470. The van der Waals surface area contributed by atoms with Crippen LogP contribution in [-0.2, 0) is 9.59 Å². The van der Waals surface area contributed by atoms with Crippen molar-refractivity contribution in [2.75, 3.05) is 17.7 Å². The van der Waals surface area contributed by atoms with Crippen LogP contribution in [0.1, 0.15) is 46.1 Å². The van der Waals surface area contributed by atoms with Crippen LogP contribution in [0.4, 0.5) is 21.5 Å². The Morgan fingerprint density at radius 2 is 1.51 bits per heavy atom. The molecule has 8 nitrogen and oxygen atoms in total. The molecule has 0 atom stereocenters. The molecule has 0 bridgehead atoms. The number of hydrogen-bond donors (Lipinski definition) is 2. The SMILES string of the molecule is C=Nc1cc(OC(C)(C)C)c(OC)cc1/C(=C\C)Oc1ccc(NC(=O)C2(C(=O)Nc3ccc(F)cc3)CC2)cc1. The Hall–Kier alpha value is -4.66. The normalized spacial score (nSPS) is 14.0. The molecule has 0 saturated heterocycles. The van der Waals surface area contributed by atoms with E-state index in [4.69, 9.17) is 14.2 Å². The molecule has 0 radical (unpaired) electrons. The fourth-order valence-electron chi connectivity index (χ4n) is 4.17. The molecule has 0 aromatic heterocycles. The summed E-state index contributed by atoms with van der Waals surface area (Å²) in [5.74, 6) is 0.903. The van der Waals surface area contributed by atoms with Crippen LogP contribution in [0.5, 0.6) is 17.2 Å². The average Bonchev–Trinajstić information content (AvgIpc) is 3.75. The maximum atomic E-state index is 13.2. The van der Waals surface area contributed by atoms with Gasteiger partial charge in [-0.1, -0.05) is 0 Å². The summed E-state index contributed by atoms with van der Waals surface area (Å²) < 4.78 is 30.9. The first kappa shape index (κ1) is 29.3. The number of methoxy groups -OCH3 is 1. The molecular weight excluding hydrogens is 525 g/mol. The molecule has 1 aliphatic rings. The number of rotatable bonds is 10. The summed E-state index contributed by atoms with van der Waals surface area (Å²) in [7, 11) is 1.57. The fraction of sp³-hybridized carbons (Fsp3) is 0.281. The van der Waals surface area contributed by atoms with E-state index in [-0.39, 0.29) is 0 Å². The van der Waals surface area contributed by atoms with Crippen LogP contribution in [0.3, 0.4) is 0 Å². The zero-order chi connectivity index (χ0) is 29.8. The van der Waals surface area contributed by atoms with Crippen LogP contribution in [0, 0.1) is 11.2 Å². The summed E-state index contributed by atoms with van der Waals surface area (Å²) >= 11 is 0. The van der Waals surface area contributed by atoms with E-state index < -0.39 is 28.6 Å². The first-order valence-electron chi connectivity index (χ1n) is 13.2. The highest BCUT2D eigenvalue weighted by Gasteiger charge is 2.56. The number of carbonyl (C=O) groups is 2. The zero-order valence-corrected chi connectivity index (χ0v) is 23.8. The van der Waals surface area contributed by atoms with Gasteiger partial charge < -0.3 is 24.8 Å². The zero-order valence-electron chi connectivity index (χ0n) is 23.8. The van der Waals surface area contributed by atoms with Crippen LogP contribution in [0.15, 0.2) is 71.7 Å². The number of halogens is 1. The molecule has 9 heteroatoms. The highest BCUT2D eigenvalue weighted by molar-refractivity contribution is 6.16. The first-order valence-corrected chi connectivity index (χ1v) is 13.2. The molecule has 1 aliphatic carbocycles. The number of carbonyl (C=O) groups excluding carboxylic acids is 2. The predicted octanol–water partition coefficient (Wildman–Crippen LogP) is 7.14. The van der Waals surface area contributed by atoms with Crippen molar-refractivity contribution < 1.29 is 28.2 Å². The number of aliphatic imine (C=N–C) groups is 1. The topological polar surface area (TPSA) is 98.2 Å². The summed E-state index contributed by atoms with van der Waals surface area (Å²) in [6, 6.07) is 15.8. The Morgan fingerprint density at radius 1 is 0.951 bits per heavy atom. The van der Waals surface area contributed by atoms with Gasteiger partial charge in [0.1, 0.15) is 28.3 Å². The van der Waals surface area contributed by atoms with Crippen LogP contribution < -0.4 is 24.8 Å². The van der Waals surface area contributed by atoms with E-state index >= 15 is 0 Å². The van der Waals surface area contributed by atoms with Gasteiger partial charge in [0, 0.05) is 23.0 Å². The second-order valence-electron chi connectivity index (χ2n) is 10.7. The minimum atomic E-state index is -1.16. The molecule has 1 saturated carbocycles. The molecule has 0 unspecified atom stereocenters. The Morgan fingerprint density at radius 3 is 1.98 bits per heavy atom. The number of hydrogen-bond acceptors (Lipinski definition) is 6. The Kier molecular flexibility index (Phi) is 8.47. The first-order chi connectivity index (χ1) is 19.5. The molecule has 2 N–H and O–H groups in total. The third kappa shape index (κ3) is 6.92. The van der Waals surface area contributed by atoms with E-state index in [1.54, 1.807) is 49.6 Å². The minimum absolute atomic E-state index is 0.397. The minimum Gasteiger partial charge on any atom is -0.493 e. The monoisotopic (exact) mass is 559 g/mol. The van der Waals surface area contributed by atoms with Crippen LogP contribution in [-0.4, -0.2) is 31.2 Å². The van der Waals surface area contributed by atoms with Crippen molar-refractivity contribution in [2.45, 2.75) is 46.1 Å². The van der Waals surface area contributed by atoms with Gasteiger partial charge in [-0.05, 0) is 108 Å². The van der Waals surface area contributed by atoms with E-state index in [0.29, 0.717) is 58.5 Å². The third-order valence-corrected chi connectivity index (χ3v) is 6.46. The van der Waals surface area contributed by atoms with Crippen molar-refractivity contribution >= 4 is 41.4 Å². The second kappa shape index (κ2) is 11.8. The molecule has 0 spiro atoms. The number of nitrogens with zero attached hydrogens (tertiary/aromatic N) is 1. The van der Waals surface area contributed by atoms with Crippen molar-refractivity contribution in [1.29, 1.82) is 0 Å². The second-order valence-corrected chi connectivity index (χ2v) is 10.7. The van der Waals surface area contributed by atoms with E-state index in [9.17, 15) is 14.0 Å². The Balaban J connectivity index is 1.45. The average molecular weight is 560 g/mol. The van der Waals surface area contributed by atoms with Gasteiger partial charge in [-0.2, -0.15) is 0 Å². The van der Waals surface area contributed by atoms with Crippen molar-refractivity contribution in [3.8, 4) is 17.2 Å². The largest absolute Gasteiger partial charge is 0.493 e. The summed E-state index contributed by atoms with van der Waals surface area (Å²) in [5.41, 5.74) is 0.592. The molecule has 214 valence electrons. The molecular formula is C32H34FN3O5. The molecule has 3 aromatic carbocycles. The predicted molar refractivity (Wildman–Crippen MR) is 159 cm³/mol. The quantitative estimate of drug-likeness (QED) is 0.156. The maximum Gasteiger partial charge on any atom is 0.240 e. The lowest BCUT2D eigenvalue weighted by Crippen LogP contribution is -2.35. The van der Waals surface area contributed by atoms with Gasteiger partial charge in [-0.25, -0.2) is 4.39 Å². The third-order valence-electron chi connectivity index (χ3n) is 6.46. The van der Waals surface area contributed by atoms with Crippen LogP contribution in [0.25, 0.3) is 5.76 Å². The molecule has 1 fully saturated rings. The molecule has 3 aromatic rings. The number of nitrogens with one attached hydrogen (secondary N) is 2. The number of benzene rings is 3. The van der Waals surface area contributed by atoms with E-state index in [2.05, 4.69) is 22.3 Å². The van der Waals surface area contributed by atoms with Gasteiger partial charge in [0.25, 0.3) is 0 Å². The summed E-state index contributed by atoms with van der Waals surface area (Å²) in [4.78, 5) is 30.0. The molecule has 41 heavy (non-hydrogen) atoms. The number of amides is 2. The lowest BCUT2D eigenvalue weighted by Gasteiger charge is -2.24. The maximum absolute atomic E-state index is 13.2. The van der Waals surface area contributed by atoms with Crippen LogP contribution in [0.2, 0.25) is 0 Å². The van der Waals surface area contributed by atoms with Gasteiger partial charge in [-0.15, -0.1) is 0 Å². The fourth-order valence-corrected chi connectivity index (χ4v) is 4.17. The van der Waals surface area contributed by atoms with Gasteiger partial charge in [0.15, 0.2) is 11.5 Å². The van der Waals surface area contributed by atoms with Crippen molar-refractivity contribution in [1.82, 2.24) is 0 Å². The molecule has 4 rings (SSSR count).